The number of allylic oxidation sites excluding steroid dienone is 6. The summed E-state index contributed by atoms with van der Waals surface area (Å²) in [4.78, 5) is 4.59. The number of unbranched alkanes of at least 4 members (excludes halogenated alkanes) is 1. The Bertz CT molecular complexity index is 559. The lowest BCUT2D eigenvalue weighted by Gasteiger charge is -2.27. The van der Waals surface area contributed by atoms with Gasteiger partial charge in [0.2, 0.25) is 0 Å². The van der Waals surface area contributed by atoms with Crippen LogP contribution in [-0.4, -0.2) is 11.9 Å². The van der Waals surface area contributed by atoms with Gasteiger partial charge in [-0.1, -0.05) is 50.1 Å². The minimum Gasteiger partial charge on any atom is -0.385 e. The fourth-order valence-electron chi connectivity index (χ4n) is 2.39. The Labute approximate surface area is 127 Å². The van der Waals surface area contributed by atoms with Crippen LogP contribution in [0.1, 0.15) is 33.6 Å². The molecule has 3 N–H and O–H groups in total. The van der Waals surface area contributed by atoms with Gasteiger partial charge in [-0.3, -0.25) is 0 Å². The van der Waals surface area contributed by atoms with Gasteiger partial charge in [0, 0.05) is 11.6 Å². The quantitative estimate of drug-likeness (QED) is 0.758. The SMILES string of the molecule is CCC/C=C\C=C(\C)C(C)C1=CC2=CC=CNC2C(N)=N1. The molecule has 21 heavy (non-hydrogen) atoms. The summed E-state index contributed by atoms with van der Waals surface area (Å²) >= 11 is 0. The fourth-order valence-corrected chi connectivity index (χ4v) is 2.39. The maximum Gasteiger partial charge on any atom is 0.126 e. The van der Waals surface area contributed by atoms with Crippen molar-refractivity contribution in [3.05, 3.63) is 59.5 Å². The van der Waals surface area contributed by atoms with E-state index in [0.29, 0.717) is 5.84 Å². The van der Waals surface area contributed by atoms with Crippen LogP contribution in [0.15, 0.2) is 64.5 Å². The van der Waals surface area contributed by atoms with Crippen molar-refractivity contribution in [3.8, 4) is 0 Å². The second kappa shape index (κ2) is 7.11. The summed E-state index contributed by atoms with van der Waals surface area (Å²) in [7, 11) is 0. The topological polar surface area (TPSA) is 50.4 Å². The van der Waals surface area contributed by atoms with E-state index >= 15 is 0 Å². The van der Waals surface area contributed by atoms with E-state index in [4.69, 9.17) is 5.73 Å². The first-order valence-corrected chi connectivity index (χ1v) is 7.65. The minimum absolute atomic E-state index is 0.0275. The van der Waals surface area contributed by atoms with E-state index in [9.17, 15) is 0 Å². The molecule has 112 valence electrons. The average Bonchev–Trinajstić information content (AvgIpc) is 2.50. The first-order chi connectivity index (χ1) is 10.1. The number of amidine groups is 1. The zero-order chi connectivity index (χ0) is 15.2. The lowest BCUT2D eigenvalue weighted by atomic mass is 9.92. The third-order valence-electron chi connectivity index (χ3n) is 3.93. The van der Waals surface area contributed by atoms with Crippen molar-refractivity contribution in [2.24, 2.45) is 16.6 Å². The second-order valence-corrected chi connectivity index (χ2v) is 5.58. The number of fused-ring (bicyclic) bond motifs is 1. The van der Waals surface area contributed by atoms with Gasteiger partial charge in [0.05, 0.1) is 0 Å². The molecule has 0 aromatic carbocycles. The molecule has 0 radical (unpaired) electrons. The maximum absolute atomic E-state index is 6.10. The molecule has 2 rings (SSSR count). The van der Waals surface area contributed by atoms with Gasteiger partial charge < -0.3 is 11.1 Å². The standard InChI is InChI=1S/C18H25N3/c1-4-5-6-7-9-13(2)14(3)16-12-15-10-8-11-20-17(15)18(19)21-16/h6-12,14,17,20H,4-5H2,1-3H3,(H2,19,21)/b7-6-,13-9-. The molecule has 0 spiro atoms. The molecule has 3 heteroatoms. The lowest BCUT2D eigenvalue weighted by Crippen LogP contribution is -2.42. The Balaban J connectivity index is 2.15. The number of nitrogens with one attached hydrogen (secondary N) is 1. The smallest absolute Gasteiger partial charge is 0.126 e. The minimum atomic E-state index is 0.0275. The molecule has 2 atom stereocenters. The molecule has 2 heterocycles. The molecule has 0 aromatic heterocycles. The highest BCUT2D eigenvalue weighted by Crippen LogP contribution is 2.27. The van der Waals surface area contributed by atoms with Gasteiger partial charge in [0.1, 0.15) is 11.9 Å². The Morgan fingerprint density at radius 2 is 2.33 bits per heavy atom. The summed E-state index contributed by atoms with van der Waals surface area (Å²) in [6.07, 6.45) is 17.0. The van der Waals surface area contributed by atoms with Crippen LogP contribution in [0.3, 0.4) is 0 Å². The largest absolute Gasteiger partial charge is 0.385 e. The van der Waals surface area contributed by atoms with Crippen molar-refractivity contribution < 1.29 is 0 Å². The molecule has 0 fully saturated rings. The van der Waals surface area contributed by atoms with Gasteiger partial charge in [0.25, 0.3) is 0 Å². The van der Waals surface area contributed by atoms with Crippen LogP contribution in [0.25, 0.3) is 0 Å². The fraction of sp³-hybridized carbons (Fsp3) is 0.389. The molecule has 0 aliphatic carbocycles. The van der Waals surface area contributed by atoms with Gasteiger partial charge >= 0.3 is 0 Å². The average molecular weight is 283 g/mol. The van der Waals surface area contributed by atoms with Gasteiger partial charge in [-0.15, -0.1) is 0 Å². The number of nitrogens with two attached hydrogens (primary N) is 1. The van der Waals surface area contributed by atoms with Gasteiger partial charge in [-0.05, 0) is 37.3 Å². The highest BCUT2D eigenvalue weighted by atomic mass is 15.0. The monoisotopic (exact) mass is 283 g/mol. The second-order valence-electron chi connectivity index (χ2n) is 5.58. The summed E-state index contributed by atoms with van der Waals surface area (Å²) in [5, 5.41) is 3.23. The molecule has 2 unspecified atom stereocenters. The Kier molecular flexibility index (Phi) is 5.20. The molecular weight excluding hydrogens is 258 g/mol. The van der Waals surface area contributed by atoms with E-state index in [2.05, 4.69) is 61.5 Å². The summed E-state index contributed by atoms with van der Waals surface area (Å²) in [5.74, 6) is 0.909. The molecule has 0 amide bonds. The first kappa shape index (κ1) is 15.4. The van der Waals surface area contributed by atoms with Crippen LogP contribution in [-0.2, 0) is 0 Å². The predicted molar refractivity (Wildman–Crippen MR) is 90.8 cm³/mol. The zero-order valence-electron chi connectivity index (χ0n) is 13.1. The Morgan fingerprint density at radius 1 is 1.52 bits per heavy atom. The van der Waals surface area contributed by atoms with E-state index in [1.54, 1.807) is 0 Å². The summed E-state index contributed by atoms with van der Waals surface area (Å²) in [5.41, 5.74) is 9.60. The van der Waals surface area contributed by atoms with Crippen LogP contribution >= 0.6 is 0 Å². The normalized spacial score (nSPS) is 23.1. The molecular formula is C18H25N3. The van der Waals surface area contributed by atoms with Gasteiger partial charge in [0.15, 0.2) is 0 Å². The van der Waals surface area contributed by atoms with Crippen LogP contribution < -0.4 is 11.1 Å². The number of aliphatic imine (C=N–C) groups is 1. The van der Waals surface area contributed by atoms with Crippen molar-refractivity contribution in [2.45, 2.75) is 39.7 Å². The highest BCUT2D eigenvalue weighted by Gasteiger charge is 2.24. The lowest BCUT2D eigenvalue weighted by molar-refractivity contribution is 0.749. The summed E-state index contributed by atoms with van der Waals surface area (Å²) < 4.78 is 0. The third kappa shape index (κ3) is 3.75. The van der Waals surface area contributed by atoms with Crippen molar-refractivity contribution in [3.63, 3.8) is 0 Å². The molecule has 0 saturated heterocycles. The van der Waals surface area contributed by atoms with Crippen molar-refractivity contribution in [2.75, 3.05) is 0 Å². The summed E-state index contributed by atoms with van der Waals surface area (Å²) in [6.45, 7) is 6.51. The molecule has 0 saturated carbocycles. The molecule has 3 nitrogen and oxygen atoms in total. The van der Waals surface area contributed by atoms with E-state index in [0.717, 1.165) is 12.1 Å². The molecule has 2 aliphatic rings. The van der Waals surface area contributed by atoms with Crippen molar-refractivity contribution in [1.29, 1.82) is 0 Å². The Hall–Kier alpha value is -2.03. The van der Waals surface area contributed by atoms with Crippen molar-refractivity contribution >= 4 is 5.84 Å². The van der Waals surface area contributed by atoms with Gasteiger partial charge in [-0.25, -0.2) is 4.99 Å². The van der Waals surface area contributed by atoms with E-state index in [1.807, 2.05) is 12.3 Å². The van der Waals surface area contributed by atoms with Crippen LogP contribution in [0, 0.1) is 5.92 Å². The highest BCUT2D eigenvalue weighted by molar-refractivity contribution is 5.92. The Morgan fingerprint density at radius 3 is 3.10 bits per heavy atom. The third-order valence-corrected chi connectivity index (χ3v) is 3.93. The van der Waals surface area contributed by atoms with E-state index in [-0.39, 0.29) is 12.0 Å². The predicted octanol–water partition coefficient (Wildman–Crippen LogP) is 3.59. The van der Waals surface area contributed by atoms with E-state index in [1.165, 1.54) is 17.6 Å². The van der Waals surface area contributed by atoms with Crippen LogP contribution in [0.5, 0.6) is 0 Å². The number of hydrogen-bond donors (Lipinski definition) is 2. The molecule has 2 aliphatic heterocycles. The number of dihydropyridines is 1. The summed E-state index contributed by atoms with van der Waals surface area (Å²) in [6, 6.07) is 0.0275. The molecule has 0 bridgehead atoms. The zero-order valence-corrected chi connectivity index (χ0v) is 13.1. The first-order valence-electron chi connectivity index (χ1n) is 7.65. The van der Waals surface area contributed by atoms with Gasteiger partial charge in [-0.2, -0.15) is 0 Å². The molecule has 0 aromatic rings. The van der Waals surface area contributed by atoms with Crippen molar-refractivity contribution in [1.82, 2.24) is 5.32 Å². The maximum atomic E-state index is 6.10. The van der Waals surface area contributed by atoms with Crippen LogP contribution in [0.2, 0.25) is 0 Å². The van der Waals surface area contributed by atoms with Crippen LogP contribution in [0.4, 0.5) is 0 Å². The van der Waals surface area contributed by atoms with E-state index < -0.39 is 0 Å². The number of rotatable bonds is 5. The number of hydrogen-bond acceptors (Lipinski definition) is 3. The number of nitrogens with zero attached hydrogens (tertiary/aromatic N) is 1.